The maximum absolute atomic E-state index is 11.8. The maximum atomic E-state index is 11.8. The second kappa shape index (κ2) is 9.05. The minimum Gasteiger partial charge on any atom is -0.454 e. The molecule has 2 rings (SSSR count). The van der Waals surface area contributed by atoms with Crippen LogP contribution in [0.25, 0.3) is 0 Å². The van der Waals surface area contributed by atoms with Crippen LogP contribution in [-0.4, -0.2) is 30.9 Å². The van der Waals surface area contributed by atoms with Gasteiger partial charge in [0.2, 0.25) is 0 Å². The van der Waals surface area contributed by atoms with Crippen LogP contribution in [0.2, 0.25) is 10.0 Å². The van der Waals surface area contributed by atoms with Gasteiger partial charge < -0.3 is 15.4 Å². The molecule has 0 heterocycles. The molecule has 0 aliphatic heterocycles. The Balaban J connectivity index is 1.71. The van der Waals surface area contributed by atoms with Crippen LogP contribution < -0.4 is 10.6 Å². The van der Waals surface area contributed by atoms with Gasteiger partial charge in [-0.3, -0.25) is 14.4 Å². The van der Waals surface area contributed by atoms with Crippen molar-refractivity contribution in [2.75, 3.05) is 18.5 Å². The highest BCUT2D eigenvalue weighted by atomic mass is 35.5. The van der Waals surface area contributed by atoms with Crippen molar-refractivity contribution >= 4 is 46.7 Å². The number of hydrogen-bond acceptors (Lipinski definition) is 4. The lowest BCUT2D eigenvalue weighted by Crippen LogP contribution is -2.32. The number of amides is 2. The molecule has 0 aliphatic rings. The SMILES string of the molecule is O=C(COC(=O)CNC(=O)c1ccc(Cl)cc1)Nc1ccc(Cl)cc1. The first kappa shape index (κ1) is 18.8. The average molecular weight is 381 g/mol. The summed E-state index contributed by atoms with van der Waals surface area (Å²) < 4.78 is 4.79. The second-order valence-electron chi connectivity index (χ2n) is 4.91. The molecule has 8 heteroatoms. The first-order valence-corrected chi connectivity index (χ1v) is 7.94. The first-order chi connectivity index (χ1) is 11.9. The molecule has 0 aliphatic carbocycles. The molecular weight excluding hydrogens is 367 g/mol. The van der Waals surface area contributed by atoms with E-state index in [-0.39, 0.29) is 6.54 Å². The van der Waals surface area contributed by atoms with Crippen molar-refractivity contribution in [3.63, 3.8) is 0 Å². The van der Waals surface area contributed by atoms with E-state index in [4.69, 9.17) is 27.9 Å². The third-order valence-electron chi connectivity index (χ3n) is 2.99. The molecule has 0 saturated heterocycles. The molecule has 0 atom stereocenters. The zero-order valence-corrected chi connectivity index (χ0v) is 14.4. The molecule has 6 nitrogen and oxygen atoms in total. The Labute approximate surface area is 154 Å². The Hall–Kier alpha value is -2.57. The fourth-order valence-electron chi connectivity index (χ4n) is 1.78. The average Bonchev–Trinajstić information content (AvgIpc) is 2.60. The van der Waals surface area contributed by atoms with Gasteiger partial charge in [0.25, 0.3) is 11.8 Å². The second-order valence-corrected chi connectivity index (χ2v) is 5.78. The summed E-state index contributed by atoms with van der Waals surface area (Å²) in [5, 5.41) is 5.99. The molecule has 0 aromatic heterocycles. The Kier molecular flexibility index (Phi) is 6.80. The Morgan fingerprint density at radius 3 is 2.04 bits per heavy atom. The smallest absolute Gasteiger partial charge is 0.325 e. The van der Waals surface area contributed by atoms with Crippen LogP contribution in [-0.2, 0) is 14.3 Å². The van der Waals surface area contributed by atoms with Crippen LogP contribution in [0.5, 0.6) is 0 Å². The summed E-state index contributed by atoms with van der Waals surface area (Å²) in [6.07, 6.45) is 0. The Morgan fingerprint density at radius 2 is 1.44 bits per heavy atom. The minimum atomic E-state index is -0.728. The molecule has 130 valence electrons. The van der Waals surface area contributed by atoms with Crippen molar-refractivity contribution in [1.29, 1.82) is 0 Å². The fraction of sp³-hybridized carbons (Fsp3) is 0.118. The Bertz CT molecular complexity index is 761. The van der Waals surface area contributed by atoms with Gasteiger partial charge in [-0.2, -0.15) is 0 Å². The third-order valence-corrected chi connectivity index (χ3v) is 3.50. The minimum absolute atomic E-state index is 0.352. The summed E-state index contributed by atoms with van der Waals surface area (Å²) in [4.78, 5) is 35.1. The number of hydrogen-bond donors (Lipinski definition) is 2. The number of halogens is 2. The molecule has 0 spiro atoms. The lowest BCUT2D eigenvalue weighted by atomic mass is 10.2. The third kappa shape index (κ3) is 6.45. The number of ether oxygens (including phenoxy) is 1. The van der Waals surface area contributed by atoms with Crippen LogP contribution in [0.1, 0.15) is 10.4 Å². The summed E-state index contributed by atoms with van der Waals surface area (Å²) in [7, 11) is 0. The van der Waals surface area contributed by atoms with E-state index in [2.05, 4.69) is 10.6 Å². The van der Waals surface area contributed by atoms with E-state index in [0.717, 1.165) is 0 Å². The molecule has 2 N–H and O–H groups in total. The maximum Gasteiger partial charge on any atom is 0.325 e. The molecule has 0 fully saturated rings. The number of carbonyl (C=O) groups is 3. The normalized spacial score (nSPS) is 10.0. The highest BCUT2D eigenvalue weighted by Crippen LogP contribution is 2.13. The van der Waals surface area contributed by atoms with Crippen LogP contribution in [0.15, 0.2) is 48.5 Å². The van der Waals surface area contributed by atoms with E-state index in [9.17, 15) is 14.4 Å². The van der Waals surface area contributed by atoms with E-state index in [1.54, 1.807) is 36.4 Å². The van der Waals surface area contributed by atoms with E-state index in [0.29, 0.717) is 21.3 Å². The van der Waals surface area contributed by atoms with E-state index < -0.39 is 24.4 Å². The lowest BCUT2D eigenvalue weighted by Gasteiger charge is -2.08. The molecule has 0 bridgehead atoms. The van der Waals surface area contributed by atoms with Crippen molar-refractivity contribution in [2.24, 2.45) is 0 Å². The van der Waals surface area contributed by atoms with E-state index in [1.165, 1.54) is 12.1 Å². The van der Waals surface area contributed by atoms with Gasteiger partial charge in [0.05, 0.1) is 0 Å². The Morgan fingerprint density at radius 1 is 0.880 bits per heavy atom. The largest absolute Gasteiger partial charge is 0.454 e. The zero-order valence-electron chi connectivity index (χ0n) is 12.9. The molecule has 2 aromatic carbocycles. The highest BCUT2D eigenvalue weighted by molar-refractivity contribution is 6.31. The van der Waals surface area contributed by atoms with Gasteiger partial charge in [0.1, 0.15) is 6.54 Å². The van der Waals surface area contributed by atoms with Gasteiger partial charge in [-0.25, -0.2) is 0 Å². The molecule has 25 heavy (non-hydrogen) atoms. The van der Waals surface area contributed by atoms with Crippen molar-refractivity contribution in [2.45, 2.75) is 0 Å². The summed E-state index contributed by atoms with van der Waals surface area (Å²) in [6.45, 7) is -0.812. The predicted octanol–water partition coefficient (Wildman–Crippen LogP) is 2.91. The van der Waals surface area contributed by atoms with Gasteiger partial charge in [-0.05, 0) is 48.5 Å². The van der Waals surface area contributed by atoms with Crippen molar-refractivity contribution in [1.82, 2.24) is 5.32 Å². The van der Waals surface area contributed by atoms with Crippen LogP contribution in [0.3, 0.4) is 0 Å². The van der Waals surface area contributed by atoms with Crippen LogP contribution in [0, 0.1) is 0 Å². The number of rotatable bonds is 6. The molecular formula is C17H14Cl2N2O4. The van der Waals surface area contributed by atoms with Crippen molar-refractivity contribution < 1.29 is 19.1 Å². The number of nitrogens with one attached hydrogen (secondary N) is 2. The summed E-state index contributed by atoms with van der Waals surface area (Å²) >= 11 is 11.5. The lowest BCUT2D eigenvalue weighted by molar-refractivity contribution is -0.146. The van der Waals surface area contributed by atoms with Gasteiger partial charge in [0.15, 0.2) is 6.61 Å². The molecule has 2 amide bonds. The number of esters is 1. The van der Waals surface area contributed by atoms with Crippen molar-refractivity contribution in [3.8, 4) is 0 Å². The standard InChI is InChI=1S/C17H14Cl2N2O4/c18-12-3-1-11(2-4-12)17(24)20-9-16(23)25-10-15(22)21-14-7-5-13(19)6-8-14/h1-8H,9-10H2,(H,20,24)(H,21,22). The van der Waals surface area contributed by atoms with Crippen LogP contribution >= 0.6 is 23.2 Å². The highest BCUT2D eigenvalue weighted by Gasteiger charge is 2.11. The summed E-state index contributed by atoms with van der Waals surface area (Å²) in [6, 6.07) is 12.7. The first-order valence-electron chi connectivity index (χ1n) is 7.19. The zero-order chi connectivity index (χ0) is 18.2. The van der Waals surface area contributed by atoms with Gasteiger partial charge >= 0.3 is 5.97 Å². The van der Waals surface area contributed by atoms with Gasteiger partial charge in [-0.1, -0.05) is 23.2 Å². The quantitative estimate of drug-likeness (QED) is 0.754. The summed E-state index contributed by atoms with van der Waals surface area (Å²) in [5.74, 6) is -1.67. The molecule has 0 radical (unpaired) electrons. The fourth-order valence-corrected chi connectivity index (χ4v) is 2.04. The molecule has 0 unspecified atom stereocenters. The number of carbonyl (C=O) groups excluding carboxylic acids is 3. The molecule has 0 saturated carbocycles. The van der Waals surface area contributed by atoms with E-state index >= 15 is 0 Å². The van der Waals surface area contributed by atoms with Gasteiger partial charge in [-0.15, -0.1) is 0 Å². The topological polar surface area (TPSA) is 84.5 Å². The summed E-state index contributed by atoms with van der Waals surface area (Å²) in [5.41, 5.74) is 0.888. The number of anilines is 1. The van der Waals surface area contributed by atoms with Crippen molar-refractivity contribution in [3.05, 3.63) is 64.1 Å². The number of benzene rings is 2. The monoisotopic (exact) mass is 380 g/mol. The van der Waals surface area contributed by atoms with Gasteiger partial charge in [0, 0.05) is 21.3 Å². The van der Waals surface area contributed by atoms with E-state index in [1.807, 2.05) is 0 Å². The molecule has 2 aromatic rings. The van der Waals surface area contributed by atoms with Crippen LogP contribution in [0.4, 0.5) is 5.69 Å². The predicted molar refractivity (Wildman–Crippen MR) is 94.8 cm³/mol.